The number of phenols is 1. The van der Waals surface area contributed by atoms with Gasteiger partial charge in [0.05, 0.1) is 34.5 Å². The fraction of sp³-hybridized carbons (Fsp3) is 0.211. The minimum Gasteiger partial charge on any atom is -0.508 e. The van der Waals surface area contributed by atoms with E-state index in [2.05, 4.69) is 43.9 Å². The molecule has 252 valence electrons. The number of amides is 4. The first-order valence-electron chi connectivity index (χ1n) is 16.0. The molecular weight excluding hydrogens is 840 g/mol. The Labute approximate surface area is 313 Å². The van der Waals surface area contributed by atoms with Gasteiger partial charge in [0.25, 0.3) is 11.8 Å². The first-order chi connectivity index (χ1) is 24.0. The average molecular weight is 867 g/mol. The van der Waals surface area contributed by atoms with Crippen molar-refractivity contribution in [2.45, 2.75) is 24.2 Å². The van der Waals surface area contributed by atoms with Crippen molar-refractivity contribution in [1.29, 1.82) is 0 Å². The molecule has 0 radical (unpaired) electrons. The third kappa shape index (κ3) is 4.95. The lowest BCUT2D eigenvalue weighted by Gasteiger charge is -2.50. The van der Waals surface area contributed by atoms with Crippen molar-refractivity contribution >= 4 is 85.1 Å². The van der Waals surface area contributed by atoms with Gasteiger partial charge in [0.2, 0.25) is 11.8 Å². The summed E-state index contributed by atoms with van der Waals surface area (Å²) in [6.07, 6.45) is 2.27. The number of anilines is 2. The number of allylic oxidation sites excluding steroid dienone is 2. The number of phenolic OH excluding ortho intramolecular Hbond substituents is 1. The third-order valence-electron chi connectivity index (χ3n) is 10.6. The lowest BCUT2D eigenvalue weighted by molar-refractivity contribution is -0.138. The van der Waals surface area contributed by atoms with Gasteiger partial charge in [0, 0.05) is 24.5 Å². The Hall–Kier alpha value is -4.07. The Morgan fingerprint density at radius 1 is 0.880 bits per heavy atom. The van der Waals surface area contributed by atoms with Crippen LogP contribution in [0.2, 0.25) is 5.02 Å². The van der Waals surface area contributed by atoms with E-state index in [0.29, 0.717) is 37.6 Å². The summed E-state index contributed by atoms with van der Waals surface area (Å²) in [5, 5.41) is 12.9. The van der Waals surface area contributed by atoms with Crippen LogP contribution in [0.25, 0.3) is 0 Å². The summed E-state index contributed by atoms with van der Waals surface area (Å²) in [5.41, 5.74) is 3.74. The average Bonchev–Trinajstić information content (AvgIpc) is 3.48. The van der Waals surface area contributed by atoms with Crippen molar-refractivity contribution in [1.82, 2.24) is 5.01 Å². The minimum absolute atomic E-state index is 0.0894. The van der Waals surface area contributed by atoms with E-state index in [0.717, 1.165) is 8.58 Å². The van der Waals surface area contributed by atoms with Crippen molar-refractivity contribution in [3.8, 4) is 5.75 Å². The molecule has 3 fully saturated rings. The number of aromatic hydroxyl groups is 1. The predicted octanol–water partition coefficient (Wildman–Crippen LogP) is 7.74. The number of fused-ring (bicyclic) bond motifs is 4. The molecule has 1 saturated carbocycles. The van der Waals surface area contributed by atoms with Crippen LogP contribution < -0.4 is 10.3 Å². The van der Waals surface area contributed by atoms with E-state index < -0.39 is 52.6 Å². The molecule has 4 amide bonds. The van der Waals surface area contributed by atoms with E-state index in [4.69, 9.17) is 11.6 Å². The summed E-state index contributed by atoms with van der Waals surface area (Å²) < 4.78 is 15.4. The van der Waals surface area contributed by atoms with Crippen LogP contribution in [0, 0.1) is 33.1 Å². The van der Waals surface area contributed by atoms with Crippen LogP contribution in [0.1, 0.15) is 29.9 Å². The highest BCUT2D eigenvalue weighted by molar-refractivity contribution is 14.1. The van der Waals surface area contributed by atoms with Crippen LogP contribution >= 0.6 is 50.1 Å². The van der Waals surface area contributed by atoms with Crippen LogP contribution in [-0.2, 0) is 24.6 Å². The maximum absolute atomic E-state index is 15.2. The van der Waals surface area contributed by atoms with Crippen LogP contribution in [0.4, 0.5) is 15.8 Å². The smallest absolute Gasteiger partial charge is 0.260 e. The van der Waals surface area contributed by atoms with E-state index in [-0.39, 0.29) is 30.4 Å². The number of hydrogen-bond donors (Lipinski definition) is 2. The van der Waals surface area contributed by atoms with Gasteiger partial charge in [0.15, 0.2) is 0 Å². The quantitative estimate of drug-likeness (QED) is 0.121. The normalized spacial score (nSPS) is 27.2. The fourth-order valence-electron chi connectivity index (χ4n) is 8.60. The molecule has 8 rings (SSSR count). The fourth-order valence-corrected chi connectivity index (χ4v) is 9.47. The van der Waals surface area contributed by atoms with Crippen molar-refractivity contribution in [3.05, 3.63) is 133 Å². The van der Waals surface area contributed by atoms with Gasteiger partial charge >= 0.3 is 0 Å². The molecule has 4 aliphatic rings. The zero-order valence-corrected chi connectivity index (χ0v) is 30.5. The van der Waals surface area contributed by atoms with Gasteiger partial charge in [-0.25, -0.2) is 4.39 Å². The van der Waals surface area contributed by atoms with E-state index in [1.54, 1.807) is 48.5 Å². The zero-order valence-electron chi connectivity index (χ0n) is 26.0. The third-order valence-corrected chi connectivity index (χ3v) is 12.1. The first kappa shape index (κ1) is 33.1. The van der Waals surface area contributed by atoms with Crippen LogP contribution in [0.5, 0.6) is 5.75 Å². The number of nitrogens with one attached hydrogen (secondary N) is 1. The highest BCUT2D eigenvalue weighted by Crippen LogP contribution is 2.65. The van der Waals surface area contributed by atoms with Crippen LogP contribution in [-0.4, -0.2) is 33.7 Å². The highest BCUT2D eigenvalue weighted by atomic mass is 127. The summed E-state index contributed by atoms with van der Waals surface area (Å²) >= 11 is 12.0. The minimum atomic E-state index is -1.59. The summed E-state index contributed by atoms with van der Waals surface area (Å²) in [7, 11) is 0. The zero-order chi connectivity index (χ0) is 35.1. The second-order valence-electron chi connectivity index (χ2n) is 13.1. The first-order valence-corrected chi connectivity index (χ1v) is 18.2. The van der Waals surface area contributed by atoms with Gasteiger partial charge in [-0.3, -0.25) is 29.5 Å². The number of carbonyl (C=O) groups excluding carboxylic acids is 4. The van der Waals surface area contributed by atoms with E-state index >= 15 is 4.79 Å². The van der Waals surface area contributed by atoms with Crippen molar-refractivity contribution in [3.63, 3.8) is 0 Å². The lowest BCUT2D eigenvalue weighted by atomic mass is 9.49. The van der Waals surface area contributed by atoms with Crippen molar-refractivity contribution in [2.75, 3.05) is 10.3 Å². The van der Waals surface area contributed by atoms with Gasteiger partial charge in [-0.1, -0.05) is 51.3 Å². The molecule has 2 N–H and O–H groups in total. The van der Waals surface area contributed by atoms with E-state index in [1.165, 1.54) is 35.2 Å². The number of hydrogen-bond acceptors (Lipinski definition) is 6. The Kier molecular flexibility index (Phi) is 8.15. The Morgan fingerprint density at radius 2 is 1.58 bits per heavy atom. The molecule has 4 aromatic carbocycles. The summed E-state index contributed by atoms with van der Waals surface area (Å²) in [6, 6.07) is 24.2. The second kappa shape index (κ2) is 12.3. The summed E-state index contributed by atoms with van der Waals surface area (Å²) in [5.74, 6) is -6.33. The molecule has 6 unspecified atom stereocenters. The molecule has 2 aliphatic carbocycles. The van der Waals surface area contributed by atoms with Gasteiger partial charge in [0.1, 0.15) is 11.6 Å². The predicted molar refractivity (Wildman–Crippen MR) is 196 cm³/mol. The monoisotopic (exact) mass is 865 g/mol. The molecule has 2 saturated heterocycles. The SMILES string of the molecule is O=C1C2CC3C(=CCC4C(=O)N(c5ccc(I)cc5)C(=O)C43)C(c3cc(Br)ccc3O)C2(c2ccc(Cl)cc2)C(=O)N1Nc1ccc(F)cc1. The highest BCUT2D eigenvalue weighted by Gasteiger charge is 2.70. The van der Waals surface area contributed by atoms with Gasteiger partial charge in [-0.15, -0.1) is 0 Å². The number of nitrogens with zero attached hydrogens (tertiary/aromatic N) is 2. The molecule has 6 atom stereocenters. The maximum Gasteiger partial charge on any atom is 0.260 e. The number of hydrazine groups is 1. The number of benzene rings is 4. The molecule has 2 aliphatic heterocycles. The molecule has 8 nitrogen and oxygen atoms in total. The number of rotatable bonds is 5. The van der Waals surface area contributed by atoms with Crippen LogP contribution in [0.15, 0.2) is 107 Å². The topological polar surface area (TPSA) is 107 Å². The molecule has 0 aromatic heterocycles. The Balaban J connectivity index is 1.33. The molecule has 0 bridgehead atoms. The largest absolute Gasteiger partial charge is 0.508 e. The molecular formula is C38H27BrClFIN3O5. The lowest BCUT2D eigenvalue weighted by Crippen LogP contribution is -2.53. The molecule has 2 heterocycles. The molecule has 0 spiro atoms. The van der Waals surface area contributed by atoms with E-state index in [1.807, 2.05) is 18.2 Å². The molecule has 50 heavy (non-hydrogen) atoms. The number of imide groups is 2. The number of halogens is 4. The van der Waals surface area contributed by atoms with Crippen molar-refractivity contribution in [2.24, 2.45) is 23.7 Å². The summed E-state index contributed by atoms with van der Waals surface area (Å²) in [6.45, 7) is 0. The van der Waals surface area contributed by atoms with Gasteiger partial charge in [-0.2, -0.15) is 5.01 Å². The Morgan fingerprint density at radius 3 is 2.28 bits per heavy atom. The van der Waals surface area contributed by atoms with Crippen molar-refractivity contribution < 1.29 is 28.7 Å². The van der Waals surface area contributed by atoms with Gasteiger partial charge in [-0.05, 0) is 126 Å². The Bertz CT molecular complexity index is 2130. The summed E-state index contributed by atoms with van der Waals surface area (Å²) in [4.78, 5) is 59.5. The van der Waals surface area contributed by atoms with Gasteiger partial charge < -0.3 is 5.11 Å². The molecule has 12 heteroatoms. The van der Waals surface area contributed by atoms with E-state index in [9.17, 15) is 23.9 Å². The van der Waals surface area contributed by atoms with Crippen LogP contribution in [0.3, 0.4) is 0 Å². The second-order valence-corrected chi connectivity index (χ2v) is 15.7. The maximum atomic E-state index is 15.2. The number of carbonyl (C=O) groups is 4. The standard InChI is InChI=1S/C38H27BrClFIN3O5/c39-20-3-16-31(46)29(17-20)33-26-14-15-27-32(36(49)44(34(27)47)25-12-8-23(42)9-13-25)28(26)18-30-35(48)45(43-24-10-6-22(41)7-11-24)37(50)38(30,33)19-1-4-21(40)5-2-19/h1-14,16-17,27-28,30,32-33,43,46H,15,18H2. The molecule has 4 aromatic rings.